The van der Waals surface area contributed by atoms with Crippen molar-refractivity contribution in [3.8, 4) is 11.3 Å². The normalized spacial score (nSPS) is 10.5. The van der Waals surface area contributed by atoms with E-state index in [2.05, 4.69) is 25.9 Å². The Balaban J connectivity index is 0.000000249. The van der Waals surface area contributed by atoms with Crippen molar-refractivity contribution in [2.45, 2.75) is 0 Å². The number of imidazole rings is 1. The number of hydrogen-bond acceptors (Lipinski definition) is 3. The van der Waals surface area contributed by atoms with Gasteiger partial charge in [-0.1, -0.05) is 31.9 Å². The molecule has 2 rings (SSSR count). The van der Waals surface area contributed by atoms with Crippen molar-refractivity contribution in [3.63, 3.8) is 0 Å². The van der Waals surface area contributed by atoms with Crippen LogP contribution in [-0.4, -0.2) is 22.9 Å². The number of nitrogens with one attached hydrogen (secondary N) is 1. The standard InChI is InChI=1S/C9H7BrN2.FHO3S/c10-8-3-1-2-7(4-8)9-5-11-6-12-9;1-5(2,3)4/h1-6H,(H,11,12);(H,2,3,4). The van der Waals surface area contributed by atoms with Crippen LogP contribution in [0.4, 0.5) is 3.89 Å². The number of hydrogen-bond donors (Lipinski definition) is 2. The number of aromatic nitrogens is 2. The van der Waals surface area contributed by atoms with Gasteiger partial charge in [-0.25, -0.2) is 4.98 Å². The van der Waals surface area contributed by atoms with Gasteiger partial charge in [0.2, 0.25) is 0 Å². The largest absolute Gasteiger partial charge is 0.435 e. The van der Waals surface area contributed by atoms with E-state index in [0.717, 1.165) is 15.7 Å². The molecule has 0 aliphatic carbocycles. The van der Waals surface area contributed by atoms with Crippen LogP contribution in [0.3, 0.4) is 0 Å². The molecule has 0 fully saturated rings. The van der Waals surface area contributed by atoms with Gasteiger partial charge >= 0.3 is 10.5 Å². The molecular formula is C9H8BrFN2O3S. The SMILES string of the molecule is Brc1cccc(-c2c[nH]cn2)c1.O=S(=O)(O)F. The summed E-state index contributed by atoms with van der Waals surface area (Å²) in [5.41, 5.74) is 2.09. The van der Waals surface area contributed by atoms with Gasteiger partial charge in [-0.15, -0.1) is 0 Å². The van der Waals surface area contributed by atoms with Crippen molar-refractivity contribution >= 4 is 26.4 Å². The van der Waals surface area contributed by atoms with Gasteiger partial charge in [0.25, 0.3) is 0 Å². The third-order valence-electron chi connectivity index (χ3n) is 1.62. The van der Waals surface area contributed by atoms with Gasteiger partial charge in [0, 0.05) is 16.2 Å². The van der Waals surface area contributed by atoms with E-state index in [0.29, 0.717) is 0 Å². The molecule has 0 radical (unpaired) electrons. The van der Waals surface area contributed by atoms with Crippen molar-refractivity contribution in [1.29, 1.82) is 0 Å². The molecule has 0 spiro atoms. The van der Waals surface area contributed by atoms with E-state index < -0.39 is 10.5 Å². The Morgan fingerprint density at radius 3 is 2.53 bits per heavy atom. The van der Waals surface area contributed by atoms with Gasteiger partial charge < -0.3 is 4.98 Å². The summed E-state index contributed by atoms with van der Waals surface area (Å²) in [4.78, 5) is 7.07. The van der Waals surface area contributed by atoms with Crippen LogP contribution >= 0.6 is 15.9 Å². The topological polar surface area (TPSA) is 83.0 Å². The fourth-order valence-electron chi connectivity index (χ4n) is 1.07. The molecule has 0 aliphatic rings. The summed E-state index contributed by atoms with van der Waals surface area (Å²) >= 11 is 3.41. The van der Waals surface area contributed by atoms with Gasteiger partial charge in [0.05, 0.1) is 12.0 Å². The Bertz CT molecular complexity index is 564. The summed E-state index contributed by atoms with van der Waals surface area (Å²) < 4.78 is 35.2. The lowest BCUT2D eigenvalue weighted by molar-refractivity contribution is 0.435. The highest BCUT2D eigenvalue weighted by molar-refractivity contribution is 9.10. The summed E-state index contributed by atoms with van der Waals surface area (Å²) in [6.07, 6.45) is 3.55. The molecule has 0 atom stereocenters. The quantitative estimate of drug-likeness (QED) is 0.624. The van der Waals surface area contributed by atoms with Gasteiger partial charge in [-0.2, -0.15) is 8.42 Å². The average molecular weight is 323 g/mol. The first-order valence-corrected chi connectivity index (χ1v) is 6.41. The molecule has 1 aromatic heterocycles. The minimum atomic E-state index is -5.17. The predicted octanol–water partition coefficient (Wildman–Crippen LogP) is 2.60. The summed E-state index contributed by atoms with van der Waals surface area (Å²) in [5, 5.41) is 0. The van der Waals surface area contributed by atoms with E-state index in [4.69, 9.17) is 13.0 Å². The van der Waals surface area contributed by atoms with Crippen LogP contribution in [0.5, 0.6) is 0 Å². The van der Waals surface area contributed by atoms with E-state index in [1.54, 1.807) is 6.33 Å². The van der Waals surface area contributed by atoms with Crippen molar-refractivity contribution in [2.24, 2.45) is 0 Å². The minimum Gasteiger partial charge on any atom is -0.351 e. The van der Waals surface area contributed by atoms with Crippen LogP contribution in [0.15, 0.2) is 41.3 Å². The fourth-order valence-corrected chi connectivity index (χ4v) is 1.47. The maximum Gasteiger partial charge on any atom is 0.435 e. The van der Waals surface area contributed by atoms with Crippen molar-refractivity contribution in [1.82, 2.24) is 9.97 Å². The van der Waals surface area contributed by atoms with Crippen molar-refractivity contribution < 1.29 is 16.9 Å². The third-order valence-corrected chi connectivity index (χ3v) is 2.11. The maximum absolute atomic E-state index is 10.2. The molecule has 0 amide bonds. The molecule has 0 bridgehead atoms. The zero-order valence-electron chi connectivity index (χ0n) is 8.34. The highest BCUT2D eigenvalue weighted by Gasteiger charge is 1.98. The monoisotopic (exact) mass is 322 g/mol. The van der Waals surface area contributed by atoms with E-state index >= 15 is 0 Å². The molecule has 5 nitrogen and oxygen atoms in total. The highest BCUT2D eigenvalue weighted by Crippen LogP contribution is 2.19. The van der Waals surface area contributed by atoms with Gasteiger partial charge in [-0.3, -0.25) is 4.55 Å². The van der Waals surface area contributed by atoms with Crippen molar-refractivity contribution in [2.75, 3.05) is 0 Å². The summed E-state index contributed by atoms with van der Waals surface area (Å²) in [7, 11) is -5.17. The Kier molecular flexibility index (Phi) is 4.79. The summed E-state index contributed by atoms with van der Waals surface area (Å²) in [5.74, 6) is 0. The molecule has 92 valence electrons. The van der Waals surface area contributed by atoms with Crippen molar-refractivity contribution in [3.05, 3.63) is 41.3 Å². The molecule has 2 aromatic rings. The molecule has 0 saturated carbocycles. The van der Waals surface area contributed by atoms with Gasteiger partial charge in [-0.05, 0) is 12.1 Å². The summed E-state index contributed by atoms with van der Waals surface area (Å²) in [6.45, 7) is 0. The Morgan fingerprint density at radius 2 is 2.06 bits per heavy atom. The zero-order valence-corrected chi connectivity index (χ0v) is 10.7. The molecule has 2 N–H and O–H groups in total. The van der Waals surface area contributed by atoms with E-state index in [9.17, 15) is 3.89 Å². The average Bonchev–Trinajstić information content (AvgIpc) is 2.67. The molecule has 0 unspecified atom stereocenters. The van der Waals surface area contributed by atoms with E-state index in [1.807, 2.05) is 30.5 Å². The number of nitrogens with zero attached hydrogens (tertiary/aromatic N) is 1. The van der Waals surface area contributed by atoms with Crippen LogP contribution in [-0.2, 0) is 10.5 Å². The molecular weight excluding hydrogens is 315 g/mol. The lowest BCUT2D eigenvalue weighted by Crippen LogP contribution is -1.80. The molecule has 17 heavy (non-hydrogen) atoms. The van der Waals surface area contributed by atoms with Crippen LogP contribution in [0.25, 0.3) is 11.3 Å². The Labute approximate surface area is 106 Å². The molecule has 1 aromatic carbocycles. The first kappa shape index (κ1) is 13.8. The molecule has 0 saturated heterocycles. The first-order valence-electron chi connectivity index (χ1n) is 4.28. The second-order valence-electron chi connectivity index (χ2n) is 2.88. The number of H-pyrrole nitrogens is 1. The highest BCUT2D eigenvalue weighted by atomic mass is 79.9. The smallest absolute Gasteiger partial charge is 0.351 e. The fraction of sp³-hybridized carbons (Fsp3) is 0. The number of rotatable bonds is 1. The molecule has 1 heterocycles. The van der Waals surface area contributed by atoms with Gasteiger partial charge in [0.15, 0.2) is 0 Å². The van der Waals surface area contributed by atoms with Crippen LogP contribution < -0.4 is 0 Å². The van der Waals surface area contributed by atoms with Crippen LogP contribution in [0.1, 0.15) is 0 Å². The van der Waals surface area contributed by atoms with Gasteiger partial charge in [0.1, 0.15) is 0 Å². The number of benzene rings is 1. The second kappa shape index (κ2) is 5.89. The zero-order chi connectivity index (χ0) is 12.9. The molecule has 8 heteroatoms. The van der Waals surface area contributed by atoms with Crippen LogP contribution in [0, 0.1) is 0 Å². The summed E-state index contributed by atoms with van der Waals surface area (Å²) in [6, 6.07) is 8.06. The second-order valence-corrected chi connectivity index (χ2v) is 4.62. The Hall–Kier alpha value is -1.25. The maximum atomic E-state index is 10.2. The lowest BCUT2D eigenvalue weighted by Gasteiger charge is -1.95. The molecule has 0 aliphatic heterocycles. The number of halogens is 2. The predicted molar refractivity (Wildman–Crippen MR) is 64.4 cm³/mol. The first-order chi connectivity index (χ1) is 7.86. The minimum absolute atomic E-state index is 0.969. The third kappa shape index (κ3) is 6.15. The van der Waals surface area contributed by atoms with Crippen LogP contribution in [0.2, 0.25) is 0 Å². The van der Waals surface area contributed by atoms with E-state index in [1.165, 1.54) is 0 Å². The Morgan fingerprint density at radius 1 is 1.41 bits per heavy atom. The van der Waals surface area contributed by atoms with E-state index in [-0.39, 0.29) is 0 Å². The lowest BCUT2D eigenvalue weighted by atomic mass is 10.2. The number of aromatic amines is 1.